The maximum absolute atomic E-state index is 13.6. The van der Waals surface area contributed by atoms with E-state index in [1.54, 1.807) is 24.5 Å². The van der Waals surface area contributed by atoms with Crippen molar-refractivity contribution < 1.29 is 24.4 Å². The van der Waals surface area contributed by atoms with Crippen molar-refractivity contribution in [3.63, 3.8) is 0 Å². The standard InChI is InChI=1S/C16H16FNO4S/c17-10-3-4-11(9-2-1-5-18-7-9)13(6-10)22-16-15(21)14(20)12(19)8-23-16/h1-7,12,14-16,19-21H,8H2/t12-,14+,15-,16+/m1/s1. The summed E-state index contributed by atoms with van der Waals surface area (Å²) in [6.07, 6.45) is -0.319. The first-order valence-electron chi connectivity index (χ1n) is 7.08. The van der Waals surface area contributed by atoms with E-state index in [4.69, 9.17) is 4.74 Å². The first-order valence-corrected chi connectivity index (χ1v) is 8.13. The van der Waals surface area contributed by atoms with Gasteiger partial charge in [-0.25, -0.2) is 4.39 Å². The van der Waals surface area contributed by atoms with E-state index in [1.807, 2.05) is 6.07 Å². The molecule has 1 aromatic heterocycles. The molecule has 3 N–H and O–H groups in total. The number of benzene rings is 1. The van der Waals surface area contributed by atoms with Gasteiger partial charge in [0.25, 0.3) is 0 Å². The lowest BCUT2D eigenvalue weighted by Crippen LogP contribution is -2.50. The normalized spacial score (nSPS) is 27.7. The lowest BCUT2D eigenvalue weighted by molar-refractivity contribution is -0.0785. The number of pyridine rings is 1. The molecule has 1 aliphatic rings. The number of aromatic nitrogens is 1. The van der Waals surface area contributed by atoms with E-state index in [1.165, 1.54) is 23.9 Å². The third kappa shape index (κ3) is 3.48. The van der Waals surface area contributed by atoms with Gasteiger partial charge in [-0.2, -0.15) is 0 Å². The van der Waals surface area contributed by atoms with Crippen molar-refractivity contribution in [2.24, 2.45) is 0 Å². The Labute approximate surface area is 136 Å². The molecule has 1 aromatic carbocycles. The molecular formula is C16H16FNO4S. The Morgan fingerprint density at radius 2 is 2.00 bits per heavy atom. The molecule has 0 spiro atoms. The van der Waals surface area contributed by atoms with Crippen LogP contribution in [0.5, 0.6) is 5.75 Å². The molecule has 2 heterocycles. The molecule has 1 saturated heterocycles. The van der Waals surface area contributed by atoms with Crippen LogP contribution in [-0.2, 0) is 0 Å². The fourth-order valence-electron chi connectivity index (χ4n) is 2.36. The van der Waals surface area contributed by atoms with Gasteiger partial charge in [0.05, 0.1) is 6.10 Å². The fraction of sp³-hybridized carbons (Fsp3) is 0.312. The van der Waals surface area contributed by atoms with Crippen molar-refractivity contribution in [2.75, 3.05) is 5.75 Å². The summed E-state index contributed by atoms with van der Waals surface area (Å²) < 4.78 is 19.3. The summed E-state index contributed by atoms with van der Waals surface area (Å²) in [6, 6.07) is 7.70. The van der Waals surface area contributed by atoms with E-state index in [9.17, 15) is 19.7 Å². The number of aliphatic hydroxyl groups excluding tert-OH is 3. The number of ether oxygens (including phenoxy) is 1. The van der Waals surface area contributed by atoms with Crippen LogP contribution in [0.15, 0.2) is 42.7 Å². The lowest BCUT2D eigenvalue weighted by atomic mass is 10.1. The summed E-state index contributed by atoms with van der Waals surface area (Å²) >= 11 is 1.17. The maximum Gasteiger partial charge on any atom is 0.173 e. The van der Waals surface area contributed by atoms with Gasteiger partial charge in [0.2, 0.25) is 0 Å². The monoisotopic (exact) mass is 337 g/mol. The molecule has 0 bridgehead atoms. The Bertz CT molecular complexity index is 672. The predicted molar refractivity (Wildman–Crippen MR) is 84.5 cm³/mol. The molecular weight excluding hydrogens is 321 g/mol. The lowest BCUT2D eigenvalue weighted by Gasteiger charge is -2.34. The number of rotatable bonds is 3. The second kappa shape index (κ2) is 6.84. The van der Waals surface area contributed by atoms with Crippen LogP contribution in [0.4, 0.5) is 4.39 Å². The van der Waals surface area contributed by atoms with Crippen molar-refractivity contribution in [1.29, 1.82) is 0 Å². The summed E-state index contributed by atoms with van der Waals surface area (Å²) in [6.45, 7) is 0. The summed E-state index contributed by atoms with van der Waals surface area (Å²) in [5.41, 5.74) is 0.580. The minimum absolute atomic E-state index is 0.223. The Balaban J connectivity index is 1.89. The van der Waals surface area contributed by atoms with Crippen LogP contribution in [0.25, 0.3) is 11.1 Å². The van der Waals surface area contributed by atoms with Gasteiger partial charge in [0.15, 0.2) is 5.44 Å². The second-order valence-electron chi connectivity index (χ2n) is 5.25. The molecule has 0 aliphatic carbocycles. The molecule has 1 aliphatic heterocycles. The van der Waals surface area contributed by atoms with Crippen LogP contribution < -0.4 is 4.74 Å². The molecule has 0 radical (unpaired) electrons. The molecule has 3 rings (SSSR count). The van der Waals surface area contributed by atoms with Gasteiger partial charge in [-0.1, -0.05) is 6.07 Å². The van der Waals surface area contributed by atoms with Gasteiger partial charge >= 0.3 is 0 Å². The van der Waals surface area contributed by atoms with Gasteiger partial charge in [0.1, 0.15) is 23.8 Å². The van der Waals surface area contributed by atoms with Gasteiger partial charge in [-0.3, -0.25) is 4.98 Å². The Hall–Kier alpha value is -1.67. The average molecular weight is 337 g/mol. The van der Waals surface area contributed by atoms with Crippen LogP contribution in [0.3, 0.4) is 0 Å². The predicted octanol–water partition coefficient (Wildman–Crippen LogP) is 1.42. The number of thioether (sulfide) groups is 1. The van der Waals surface area contributed by atoms with Crippen molar-refractivity contribution in [3.05, 3.63) is 48.5 Å². The summed E-state index contributed by atoms with van der Waals surface area (Å²) in [7, 11) is 0. The van der Waals surface area contributed by atoms with E-state index < -0.39 is 29.6 Å². The smallest absolute Gasteiger partial charge is 0.173 e. The average Bonchev–Trinajstić information content (AvgIpc) is 2.56. The van der Waals surface area contributed by atoms with Gasteiger partial charge in [-0.15, -0.1) is 11.8 Å². The molecule has 0 unspecified atom stereocenters. The third-order valence-corrected chi connectivity index (χ3v) is 4.85. The quantitative estimate of drug-likeness (QED) is 0.786. The number of hydrogen-bond donors (Lipinski definition) is 3. The molecule has 23 heavy (non-hydrogen) atoms. The molecule has 2 aromatic rings. The van der Waals surface area contributed by atoms with Crippen molar-refractivity contribution in [3.8, 4) is 16.9 Å². The highest BCUT2D eigenvalue weighted by atomic mass is 32.2. The Morgan fingerprint density at radius 1 is 1.17 bits per heavy atom. The first kappa shape index (κ1) is 16.2. The molecule has 1 fully saturated rings. The molecule has 4 atom stereocenters. The van der Waals surface area contributed by atoms with Gasteiger partial charge < -0.3 is 20.1 Å². The van der Waals surface area contributed by atoms with Gasteiger partial charge in [-0.05, 0) is 18.2 Å². The highest BCUT2D eigenvalue weighted by molar-refractivity contribution is 7.99. The molecule has 0 amide bonds. The number of nitrogens with zero attached hydrogens (tertiary/aromatic N) is 1. The van der Waals surface area contributed by atoms with Crippen LogP contribution in [0, 0.1) is 5.82 Å². The van der Waals surface area contributed by atoms with Crippen LogP contribution >= 0.6 is 11.8 Å². The van der Waals surface area contributed by atoms with Crippen LogP contribution in [0.1, 0.15) is 0 Å². The Kier molecular flexibility index (Phi) is 4.82. The number of aliphatic hydroxyl groups is 3. The zero-order chi connectivity index (χ0) is 16.4. The SMILES string of the molecule is O[C@@H]1[C@@H](O)[C@@H](Oc2cc(F)ccc2-c2cccnc2)SC[C@H]1O. The van der Waals surface area contributed by atoms with Crippen molar-refractivity contribution >= 4 is 11.8 Å². The highest BCUT2D eigenvalue weighted by Gasteiger charge is 2.38. The largest absolute Gasteiger partial charge is 0.476 e. The van der Waals surface area contributed by atoms with E-state index in [0.717, 1.165) is 5.56 Å². The summed E-state index contributed by atoms with van der Waals surface area (Å²) in [5.74, 6) is 0.00197. The first-order chi connectivity index (χ1) is 11.1. The van der Waals surface area contributed by atoms with E-state index in [2.05, 4.69) is 4.98 Å². The number of halogens is 1. The molecule has 7 heteroatoms. The van der Waals surface area contributed by atoms with Crippen LogP contribution in [-0.4, -0.2) is 49.8 Å². The Morgan fingerprint density at radius 3 is 2.74 bits per heavy atom. The maximum atomic E-state index is 13.6. The minimum Gasteiger partial charge on any atom is -0.476 e. The molecule has 0 saturated carbocycles. The van der Waals surface area contributed by atoms with Crippen molar-refractivity contribution in [2.45, 2.75) is 23.7 Å². The zero-order valence-corrected chi connectivity index (χ0v) is 12.9. The minimum atomic E-state index is -1.29. The zero-order valence-electron chi connectivity index (χ0n) is 12.0. The van der Waals surface area contributed by atoms with E-state index in [0.29, 0.717) is 5.56 Å². The van der Waals surface area contributed by atoms with Crippen molar-refractivity contribution in [1.82, 2.24) is 4.98 Å². The fourth-order valence-corrected chi connectivity index (χ4v) is 3.48. The van der Waals surface area contributed by atoms with Crippen LogP contribution in [0.2, 0.25) is 0 Å². The van der Waals surface area contributed by atoms with E-state index in [-0.39, 0.29) is 11.5 Å². The van der Waals surface area contributed by atoms with E-state index >= 15 is 0 Å². The van der Waals surface area contributed by atoms with Gasteiger partial charge in [0, 0.05) is 35.3 Å². The second-order valence-corrected chi connectivity index (χ2v) is 6.38. The summed E-state index contributed by atoms with van der Waals surface area (Å²) in [5, 5.41) is 29.4. The third-order valence-electron chi connectivity index (χ3n) is 3.61. The topological polar surface area (TPSA) is 82.8 Å². The molecule has 5 nitrogen and oxygen atoms in total. The molecule has 122 valence electrons. The number of hydrogen-bond acceptors (Lipinski definition) is 6. The highest BCUT2D eigenvalue weighted by Crippen LogP contribution is 2.35. The summed E-state index contributed by atoms with van der Waals surface area (Å²) in [4.78, 5) is 4.03.